The predicted octanol–water partition coefficient (Wildman–Crippen LogP) is 2.19. The molecule has 0 amide bonds. The van der Waals surface area contributed by atoms with Gasteiger partial charge < -0.3 is 4.74 Å². The molecule has 0 bridgehead atoms. The Morgan fingerprint density at radius 3 is 2.76 bits per heavy atom. The maximum atomic E-state index is 5.35. The number of aromatic nitrogens is 2. The summed E-state index contributed by atoms with van der Waals surface area (Å²) >= 11 is 0. The van der Waals surface area contributed by atoms with Gasteiger partial charge in [0, 0.05) is 13.2 Å². The number of epoxide rings is 1. The third kappa shape index (κ3) is 2.52. The summed E-state index contributed by atoms with van der Waals surface area (Å²) in [6.45, 7) is 7.08. The molecule has 1 fully saturated rings. The molecule has 1 unspecified atom stereocenters. The van der Waals surface area contributed by atoms with Crippen molar-refractivity contribution in [1.82, 2.24) is 9.97 Å². The Bertz CT molecular complexity index is 436. The molecule has 2 heterocycles. The number of hydrogen-bond donors (Lipinski definition) is 0. The van der Waals surface area contributed by atoms with Crippen molar-refractivity contribution >= 4 is 5.71 Å². The largest absolute Gasteiger partial charge is 0.366 e. The molecule has 92 valence electrons. The van der Waals surface area contributed by atoms with Gasteiger partial charge in [0.2, 0.25) is 0 Å². The highest BCUT2D eigenvalue weighted by Gasteiger charge is 2.31. The fourth-order valence-corrected chi connectivity index (χ4v) is 1.88. The molecule has 0 N–H and O–H groups in total. The molecule has 1 saturated heterocycles. The summed E-state index contributed by atoms with van der Waals surface area (Å²) in [6.07, 6.45) is 2.86. The van der Waals surface area contributed by atoms with Gasteiger partial charge in [-0.1, -0.05) is 20.8 Å². The molecule has 0 saturated carbocycles. The zero-order valence-corrected chi connectivity index (χ0v) is 10.9. The summed E-state index contributed by atoms with van der Waals surface area (Å²) in [5.74, 6) is 0.347. The highest BCUT2D eigenvalue weighted by molar-refractivity contribution is 6.01. The van der Waals surface area contributed by atoms with E-state index in [1.807, 2.05) is 13.2 Å². The van der Waals surface area contributed by atoms with Crippen molar-refractivity contribution < 1.29 is 4.74 Å². The van der Waals surface area contributed by atoms with Gasteiger partial charge in [-0.05, 0) is 12.3 Å². The minimum absolute atomic E-state index is 0.125. The van der Waals surface area contributed by atoms with E-state index in [9.17, 15) is 0 Å². The molecule has 1 atom stereocenters. The van der Waals surface area contributed by atoms with Crippen LogP contribution in [0.25, 0.3) is 0 Å². The molecule has 0 spiro atoms. The molecule has 1 aliphatic rings. The van der Waals surface area contributed by atoms with Gasteiger partial charge in [0.15, 0.2) is 0 Å². The van der Waals surface area contributed by atoms with Gasteiger partial charge in [-0.25, -0.2) is 0 Å². The van der Waals surface area contributed by atoms with E-state index in [1.165, 1.54) is 0 Å². The number of aryl methyl sites for hydroxylation is 1. The van der Waals surface area contributed by atoms with Crippen LogP contribution in [0.5, 0.6) is 0 Å². The van der Waals surface area contributed by atoms with Crippen molar-refractivity contribution in [2.45, 2.75) is 33.3 Å². The van der Waals surface area contributed by atoms with Gasteiger partial charge in [0.1, 0.15) is 11.8 Å². The molecule has 2 rings (SSSR count). The minimum Gasteiger partial charge on any atom is -0.366 e. The lowest BCUT2D eigenvalue weighted by atomic mass is 10.0. The highest BCUT2D eigenvalue weighted by Crippen LogP contribution is 2.31. The molecule has 1 aromatic heterocycles. The van der Waals surface area contributed by atoms with Crippen LogP contribution in [0.3, 0.4) is 0 Å². The van der Waals surface area contributed by atoms with E-state index in [0.29, 0.717) is 5.92 Å². The van der Waals surface area contributed by atoms with Gasteiger partial charge in [-0.15, -0.1) is 0 Å². The van der Waals surface area contributed by atoms with Gasteiger partial charge >= 0.3 is 0 Å². The monoisotopic (exact) mass is 233 g/mol. The lowest BCUT2D eigenvalue weighted by Gasteiger charge is -2.12. The van der Waals surface area contributed by atoms with Crippen LogP contribution in [0.2, 0.25) is 0 Å². The van der Waals surface area contributed by atoms with E-state index in [2.05, 4.69) is 35.7 Å². The van der Waals surface area contributed by atoms with Crippen LogP contribution < -0.4 is 0 Å². The Morgan fingerprint density at radius 2 is 2.29 bits per heavy atom. The first kappa shape index (κ1) is 12.2. The summed E-state index contributed by atoms with van der Waals surface area (Å²) in [6, 6.07) is 0. The molecule has 4 nitrogen and oxygen atoms in total. The summed E-state index contributed by atoms with van der Waals surface area (Å²) in [4.78, 5) is 13.5. The van der Waals surface area contributed by atoms with Crippen molar-refractivity contribution in [3.05, 3.63) is 23.3 Å². The summed E-state index contributed by atoms with van der Waals surface area (Å²) in [5.41, 5.74) is 3.88. The first-order valence-corrected chi connectivity index (χ1v) is 6.11. The van der Waals surface area contributed by atoms with Crippen molar-refractivity contribution in [2.24, 2.45) is 10.9 Å². The van der Waals surface area contributed by atoms with E-state index in [1.54, 1.807) is 0 Å². The Hall–Kier alpha value is -1.29. The van der Waals surface area contributed by atoms with Crippen molar-refractivity contribution in [3.63, 3.8) is 0 Å². The van der Waals surface area contributed by atoms with E-state index >= 15 is 0 Å². The molecule has 17 heavy (non-hydrogen) atoms. The third-order valence-corrected chi connectivity index (χ3v) is 2.88. The van der Waals surface area contributed by atoms with Gasteiger partial charge in [0.25, 0.3) is 0 Å². The fourth-order valence-electron chi connectivity index (χ4n) is 1.88. The summed E-state index contributed by atoms with van der Waals surface area (Å²) < 4.78 is 5.35. The van der Waals surface area contributed by atoms with Gasteiger partial charge in [-0.2, -0.15) is 0 Å². The molecule has 1 aromatic rings. The molecule has 1 aliphatic heterocycles. The number of ether oxygens (including phenoxy) is 1. The average molecular weight is 233 g/mol. The lowest BCUT2D eigenvalue weighted by Crippen LogP contribution is -2.16. The first-order chi connectivity index (χ1) is 8.17. The zero-order valence-electron chi connectivity index (χ0n) is 10.9. The summed E-state index contributed by atoms with van der Waals surface area (Å²) in [7, 11) is 1.81. The topological polar surface area (TPSA) is 50.7 Å². The van der Waals surface area contributed by atoms with Crippen LogP contribution in [-0.2, 0) is 11.2 Å². The minimum atomic E-state index is 0.125. The zero-order chi connectivity index (χ0) is 12.4. The Kier molecular flexibility index (Phi) is 3.52. The van der Waals surface area contributed by atoms with Crippen LogP contribution in [0, 0.1) is 5.92 Å². The second-order valence-corrected chi connectivity index (χ2v) is 4.53. The van der Waals surface area contributed by atoms with E-state index in [4.69, 9.17) is 4.74 Å². The number of rotatable bonds is 4. The maximum Gasteiger partial charge on any atom is 0.125 e. The van der Waals surface area contributed by atoms with Crippen LogP contribution in [0.1, 0.15) is 44.0 Å². The third-order valence-electron chi connectivity index (χ3n) is 2.88. The van der Waals surface area contributed by atoms with Crippen molar-refractivity contribution in [2.75, 3.05) is 13.7 Å². The average Bonchev–Trinajstić information content (AvgIpc) is 3.14. The molecular weight excluding hydrogens is 214 g/mol. The highest BCUT2D eigenvalue weighted by atomic mass is 16.6. The SMILES string of the molecule is CCc1cnc(C(=NC)C(C)C)c(C2CO2)n1. The molecule has 0 radical (unpaired) electrons. The van der Waals surface area contributed by atoms with E-state index in [-0.39, 0.29) is 6.10 Å². The summed E-state index contributed by atoms with van der Waals surface area (Å²) in [5, 5.41) is 0. The van der Waals surface area contributed by atoms with Gasteiger partial charge in [0.05, 0.1) is 23.7 Å². The number of nitrogens with zero attached hydrogens (tertiary/aromatic N) is 3. The van der Waals surface area contributed by atoms with Crippen LogP contribution in [-0.4, -0.2) is 29.3 Å². The van der Waals surface area contributed by atoms with Crippen LogP contribution in [0.4, 0.5) is 0 Å². The molecular formula is C13H19N3O. The maximum absolute atomic E-state index is 5.35. The van der Waals surface area contributed by atoms with E-state index in [0.717, 1.165) is 35.8 Å². The van der Waals surface area contributed by atoms with Crippen LogP contribution >= 0.6 is 0 Å². The predicted molar refractivity (Wildman–Crippen MR) is 67.4 cm³/mol. The van der Waals surface area contributed by atoms with Gasteiger partial charge in [-0.3, -0.25) is 15.0 Å². The van der Waals surface area contributed by atoms with Crippen molar-refractivity contribution in [3.8, 4) is 0 Å². The van der Waals surface area contributed by atoms with E-state index < -0.39 is 0 Å². The molecule has 0 aliphatic carbocycles. The second kappa shape index (κ2) is 4.92. The Balaban J connectivity index is 2.45. The number of hydrogen-bond acceptors (Lipinski definition) is 4. The van der Waals surface area contributed by atoms with Crippen molar-refractivity contribution in [1.29, 1.82) is 0 Å². The number of aliphatic imine (C=N–C) groups is 1. The Labute approximate surface area is 102 Å². The smallest absolute Gasteiger partial charge is 0.125 e. The normalized spacial score (nSPS) is 19.8. The quantitative estimate of drug-likeness (QED) is 0.591. The molecule has 0 aromatic carbocycles. The standard InChI is InChI=1S/C13H19N3O/c1-5-9-6-15-13(11(14-4)8(2)3)12(16-9)10-7-17-10/h6,8,10H,5,7H2,1-4H3. The lowest BCUT2D eigenvalue weighted by molar-refractivity contribution is 0.410. The Morgan fingerprint density at radius 1 is 1.59 bits per heavy atom. The fraction of sp³-hybridized carbons (Fsp3) is 0.615. The van der Waals surface area contributed by atoms with Crippen LogP contribution in [0.15, 0.2) is 11.2 Å². The first-order valence-electron chi connectivity index (χ1n) is 6.11. The molecule has 4 heteroatoms. The second-order valence-electron chi connectivity index (χ2n) is 4.53.